The first-order valence-corrected chi connectivity index (χ1v) is 14.4. The molecule has 0 radical (unpaired) electrons. The summed E-state index contributed by atoms with van der Waals surface area (Å²) in [4.78, 5) is 21.4. The molecule has 0 amide bonds. The van der Waals surface area contributed by atoms with Crippen LogP contribution in [0.3, 0.4) is 0 Å². The molecule has 7 rings (SSSR count). The Labute approximate surface area is 239 Å². The van der Waals surface area contributed by atoms with Crippen molar-refractivity contribution in [3.8, 4) is 6.01 Å². The number of rotatable bonds is 6. The Balaban J connectivity index is 1.25. The SMILES string of the molecule is COC1CN(c2nc(OC[C@@H]3CCCN3C)nc3c2CCN(c2cccc4cccc(Cl)c24)C3)Cc2cncn21. The predicted molar refractivity (Wildman–Crippen MR) is 156 cm³/mol. The summed E-state index contributed by atoms with van der Waals surface area (Å²) < 4.78 is 14.3. The number of fused-ring (bicyclic) bond motifs is 3. The van der Waals surface area contributed by atoms with E-state index in [-0.39, 0.29) is 6.23 Å². The number of halogens is 1. The zero-order valence-corrected chi connectivity index (χ0v) is 23.7. The van der Waals surface area contributed by atoms with Gasteiger partial charge in [-0.2, -0.15) is 9.97 Å². The van der Waals surface area contributed by atoms with Crippen molar-refractivity contribution in [3.63, 3.8) is 0 Å². The Bertz CT molecular complexity index is 1540. The molecule has 10 heteroatoms. The van der Waals surface area contributed by atoms with E-state index in [2.05, 4.69) is 55.6 Å². The average molecular weight is 560 g/mol. The fourth-order valence-electron chi connectivity index (χ4n) is 6.42. The second kappa shape index (κ2) is 10.5. The van der Waals surface area contributed by atoms with Crippen LogP contribution in [-0.4, -0.2) is 70.9 Å². The summed E-state index contributed by atoms with van der Waals surface area (Å²) in [6.07, 6.45) is 6.77. The van der Waals surface area contributed by atoms with E-state index in [9.17, 15) is 0 Å². The third-order valence-electron chi connectivity index (χ3n) is 8.63. The zero-order chi connectivity index (χ0) is 27.2. The van der Waals surface area contributed by atoms with Crippen molar-refractivity contribution in [1.29, 1.82) is 0 Å². The smallest absolute Gasteiger partial charge is 0.318 e. The van der Waals surface area contributed by atoms with Crippen LogP contribution in [-0.2, 0) is 24.2 Å². The number of hydrogen-bond donors (Lipinski definition) is 0. The van der Waals surface area contributed by atoms with Crippen LogP contribution in [0.5, 0.6) is 6.01 Å². The predicted octanol–water partition coefficient (Wildman–Crippen LogP) is 4.68. The summed E-state index contributed by atoms with van der Waals surface area (Å²) in [7, 11) is 3.91. The normalized spacial score (nSPS) is 21.1. The van der Waals surface area contributed by atoms with E-state index in [1.807, 2.05) is 24.7 Å². The lowest BCUT2D eigenvalue weighted by Gasteiger charge is -2.37. The van der Waals surface area contributed by atoms with Crippen molar-refractivity contribution >= 4 is 33.9 Å². The van der Waals surface area contributed by atoms with Gasteiger partial charge in [0.15, 0.2) is 6.23 Å². The van der Waals surface area contributed by atoms with Gasteiger partial charge >= 0.3 is 6.01 Å². The minimum atomic E-state index is -0.133. The molecular formula is C30H34ClN7O2. The molecule has 3 aliphatic heterocycles. The van der Waals surface area contributed by atoms with Crippen molar-refractivity contribution in [1.82, 2.24) is 24.4 Å². The standard InChI is InChI=1S/C30H34ClN7O2/c1-35-12-5-8-21(35)18-40-30-33-25-16-36(26-10-4-7-20-6-3-9-24(31)28(20)26)13-11-23(25)29(34-30)37-15-22-14-32-19-38(22)27(17-37)39-2/h3-4,6-7,9-10,14,19,21,27H,5,8,11-13,15-18H2,1-2H3/t21-,27?/m0/s1. The summed E-state index contributed by atoms with van der Waals surface area (Å²) >= 11 is 6.71. The molecule has 40 heavy (non-hydrogen) atoms. The van der Waals surface area contributed by atoms with Gasteiger partial charge in [-0.15, -0.1) is 0 Å². The molecule has 2 aromatic carbocycles. The fraction of sp³-hybridized carbons (Fsp3) is 0.433. The van der Waals surface area contributed by atoms with Gasteiger partial charge in [-0.3, -0.25) is 0 Å². The highest BCUT2D eigenvalue weighted by Crippen LogP contribution is 2.38. The molecule has 0 N–H and O–H groups in total. The molecule has 0 spiro atoms. The monoisotopic (exact) mass is 559 g/mol. The van der Waals surface area contributed by atoms with Gasteiger partial charge in [0.25, 0.3) is 0 Å². The van der Waals surface area contributed by atoms with E-state index in [1.54, 1.807) is 7.11 Å². The summed E-state index contributed by atoms with van der Waals surface area (Å²) in [5.74, 6) is 0.935. The maximum atomic E-state index is 6.71. The van der Waals surface area contributed by atoms with E-state index >= 15 is 0 Å². The maximum Gasteiger partial charge on any atom is 0.318 e. The molecule has 2 aromatic heterocycles. The highest BCUT2D eigenvalue weighted by atomic mass is 35.5. The number of ether oxygens (including phenoxy) is 2. The number of nitrogens with zero attached hydrogens (tertiary/aromatic N) is 7. The number of imidazole rings is 1. The van der Waals surface area contributed by atoms with E-state index in [4.69, 9.17) is 31.0 Å². The molecule has 5 heterocycles. The number of likely N-dealkylation sites (tertiary alicyclic amines) is 1. The quantitative estimate of drug-likeness (QED) is 0.337. The zero-order valence-electron chi connectivity index (χ0n) is 23.0. The van der Waals surface area contributed by atoms with Crippen molar-refractivity contribution in [2.75, 3.05) is 50.2 Å². The molecule has 2 atom stereocenters. The Morgan fingerprint density at radius 2 is 1.93 bits per heavy atom. The minimum Gasteiger partial charge on any atom is -0.462 e. The van der Waals surface area contributed by atoms with Gasteiger partial charge in [0.1, 0.15) is 12.4 Å². The maximum absolute atomic E-state index is 6.71. The molecule has 4 aromatic rings. The second-order valence-corrected chi connectivity index (χ2v) is 11.4. The molecule has 0 bridgehead atoms. The Morgan fingerprint density at radius 1 is 1.05 bits per heavy atom. The Morgan fingerprint density at radius 3 is 2.75 bits per heavy atom. The second-order valence-electron chi connectivity index (χ2n) is 11.0. The van der Waals surface area contributed by atoms with Crippen molar-refractivity contribution in [2.24, 2.45) is 0 Å². The van der Waals surface area contributed by atoms with Crippen LogP contribution in [0.15, 0.2) is 48.9 Å². The number of likely N-dealkylation sites (N-methyl/N-ethyl adjacent to an activating group) is 1. The van der Waals surface area contributed by atoms with Crippen molar-refractivity contribution in [2.45, 2.75) is 44.6 Å². The van der Waals surface area contributed by atoms with Gasteiger partial charge in [0.2, 0.25) is 0 Å². The van der Waals surface area contributed by atoms with E-state index in [0.29, 0.717) is 38.3 Å². The van der Waals surface area contributed by atoms with Gasteiger partial charge in [0, 0.05) is 36.3 Å². The first-order valence-electron chi connectivity index (χ1n) is 14.0. The van der Waals surface area contributed by atoms with Gasteiger partial charge < -0.3 is 28.7 Å². The highest BCUT2D eigenvalue weighted by Gasteiger charge is 2.32. The molecule has 1 saturated heterocycles. The fourth-order valence-corrected chi connectivity index (χ4v) is 6.70. The average Bonchev–Trinajstić information content (AvgIpc) is 3.63. The van der Waals surface area contributed by atoms with E-state index < -0.39 is 0 Å². The molecule has 9 nitrogen and oxygen atoms in total. The lowest BCUT2D eigenvalue weighted by molar-refractivity contribution is 0.0401. The van der Waals surface area contributed by atoms with Crippen LogP contribution in [0.25, 0.3) is 10.8 Å². The summed E-state index contributed by atoms with van der Waals surface area (Å²) in [6, 6.07) is 13.3. The van der Waals surface area contributed by atoms with Crippen LogP contribution in [0.2, 0.25) is 5.02 Å². The van der Waals surface area contributed by atoms with Gasteiger partial charge in [-0.25, -0.2) is 4.98 Å². The summed E-state index contributed by atoms with van der Waals surface area (Å²) in [6.45, 7) is 4.58. The molecule has 208 valence electrons. The molecule has 0 aliphatic carbocycles. The lowest BCUT2D eigenvalue weighted by atomic mass is 10.0. The number of hydrogen-bond acceptors (Lipinski definition) is 8. The van der Waals surface area contributed by atoms with Crippen LogP contribution < -0.4 is 14.5 Å². The minimum absolute atomic E-state index is 0.133. The van der Waals surface area contributed by atoms with Crippen molar-refractivity contribution in [3.05, 3.63) is 70.9 Å². The first-order chi connectivity index (χ1) is 19.6. The largest absolute Gasteiger partial charge is 0.462 e. The topological polar surface area (TPSA) is 71.8 Å². The Kier molecular flexibility index (Phi) is 6.73. The molecule has 1 fully saturated rings. The number of aromatic nitrogens is 4. The highest BCUT2D eigenvalue weighted by molar-refractivity contribution is 6.36. The van der Waals surface area contributed by atoms with Crippen LogP contribution in [0.4, 0.5) is 11.5 Å². The van der Waals surface area contributed by atoms with E-state index in [0.717, 1.165) is 64.6 Å². The number of methoxy groups -OCH3 is 1. The van der Waals surface area contributed by atoms with Crippen LogP contribution >= 0.6 is 11.6 Å². The van der Waals surface area contributed by atoms with Crippen LogP contribution in [0, 0.1) is 0 Å². The van der Waals surface area contributed by atoms with Crippen molar-refractivity contribution < 1.29 is 9.47 Å². The number of benzene rings is 2. The van der Waals surface area contributed by atoms with Gasteiger partial charge in [-0.1, -0.05) is 35.9 Å². The number of anilines is 2. The third-order valence-corrected chi connectivity index (χ3v) is 8.94. The van der Waals surface area contributed by atoms with Gasteiger partial charge in [0.05, 0.1) is 48.6 Å². The molecule has 3 aliphatic rings. The molecule has 1 unspecified atom stereocenters. The lowest BCUT2D eigenvalue weighted by Crippen LogP contribution is -2.40. The van der Waals surface area contributed by atoms with E-state index in [1.165, 1.54) is 12.0 Å². The Hall–Kier alpha value is -3.40. The summed E-state index contributed by atoms with van der Waals surface area (Å²) in [5.41, 5.74) is 4.41. The molecular weight excluding hydrogens is 526 g/mol. The van der Waals surface area contributed by atoms with Gasteiger partial charge in [-0.05, 0) is 50.4 Å². The third kappa shape index (κ3) is 4.56. The first kappa shape index (κ1) is 25.6. The summed E-state index contributed by atoms with van der Waals surface area (Å²) in [5, 5.41) is 2.99. The molecule has 0 saturated carbocycles. The van der Waals surface area contributed by atoms with Crippen LogP contribution in [0.1, 0.15) is 36.0 Å².